The van der Waals surface area contributed by atoms with Crippen LogP contribution in [-0.2, 0) is 23.4 Å². The molecule has 0 saturated carbocycles. The maximum absolute atomic E-state index is 15.5. The van der Waals surface area contributed by atoms with Gasteiger partial charge in [0.2, 0.25) is 5.88 Å². The Hall–Kier alpha value is -2.83. The van der Waals surface area contributed by atoms with Crippen LogP contribution in [0.25, 0.3) is 0 Å². The zero-order valence-corrected chi connectivity index (χ0v) is 22.0. The number of carbonyl (C=O) groups is 1. The third-order valence-electron chi connectivity index (χ3n) is 5.42. The first kappa shape index (κ1) is 28.7. The summed E-state index contributed by atoms with van der Waals surface area (Å²) in [5.41, 5.74) is -3.31. The van der Waals surface area contributed by atoms with E-state index in [2.05, 4.69) is 10.1 Å². The minimum Gasteiger partial charge on any atom is -0.481 e. The van der Waals surface area contributed by atoms with Crippen molar-refractivity contribution in [2.75, 3.05) is 13.7 Å². The SMILES string of the molecule is COc1ccn([C@@H]2O[C@H](CO[P@@](=O)(N[C@@H](C)C(=O)OC(C)C)Oc3ccccc3)[C@@H](O)[C@@]2(C)F)c(=O)n1. The maximum atomic E-state index is 15.5. The van der Waals surface area contributed by atoms with Crippen molar-refractivity contribution in [1.29, 1.82) is 0 Å². The van der Waals surface area contributed by atoms with Gasteiger partial charge >= 0.3 is 19.4 Å². The van der Waals surface area contributed by atoms with Gasteiger partial charge in [-0.05, 0) is 39.8 Å². The number of aliphatic hydroxyl groups excluding tert-OH is 1. The number of benzene rings is 1. The normalized spacial score (nSPS) is 25.9. The fourth-order valence-corrected chi connectivity index (χ4v) is 5.05. The van der Waals surface area contributed by atoms with Gasteiger partial charge in [0.15, 0.2) is 11.9 Å². The largest absolute Gasteiger partial charge is 0.481 e. The lowest BCUT2D eigenvalue weighted by Crippen LogP contribution is -2.43. The summed E-state index contributed by atoms with van der Waals surface area (Å²) in [4.78, 5) is 28.3. The van der Waals surface area contributed by atoms with E-state index < -0.39 is 62.3 Å². The number of rotatable bonds is 11. The number of aliphatic hydroxyl groups is 1. The van der Waals surface area contributed by atoms with Crippen LogP contribution in [0.4, 0.5) is 4.39 Å². The molecule has 204 valence electrons. The Kier molecular flexibility index (Phi) is 9.09. The van der Waals surface area contributed by atoms with E-state index in [4.69, 9.17) is 23.3 Å². The number of alkyl halides is 1. The highest BCUT2D eigenvalue weighted by Crippen LogP contribution is 2.47. The number of nitrogens with zero attached hydrogens (tertiary/aromatic N) is 2. The van der Waals surface area contributed by atoms with Crippen LogP contribution in [0.2, 0.25) is 0 Å². The van der Waals surface area contributed by atoms with Gasteiger partial charge in [0.1, 0.15) is 24.0 Å². The first-order valence-corrected chi connectivity index (χ1v) is 13.0. The van der Waals surface area contributed by atoms with Gasteiger partial charge in [0, 0.05) is 12.3 Å². The van der Waals surface area contributed by atoms with Crippen LogP contribution < -0.4 is 20.0 Å². The van der Waals surface area contributed by atoms with Crippen molar-refractivity contribution in [3.05, 3.63) is 53.1 Å². The van der Waals surface area contributed by atoms with Crippen molar-refractivity contribution in [3.8, 4) is 11.6 Å². The van der Waals surface area contributed by atoms with Crippen LogP contribution in [0.1, 0.15) is 33.9 Å². The number of hydrogen-bond donors (Lipinski definition) is 2. The molecule has 1 fully saturated rings. The van der Waals surface area contributed by atoms with Gasteiger partial charge in [-0.25, -0.2) is 13.8 Å². The van der Waals surface area contributed by atoms with Crippen molar-refractivity contribution >= 4 is 13.7 Å². The van der Waals surface area contributed by atoms with E-state index in [1.165, 1.54) is 38.4 Å². The van der Waals surface area contributed by atoms with E-state index >= 15 is 4.39 Å². The Morgan fingerprint density at radius 1 is 1.30 bits per heavy atom. The second-order valence-corrected chi connectivity index (χ2v) is 10.5. The number of methoxy groups -OCH3 is 1. The Morgan fingerprint density at radius 2 is 1.97 bits per heavy atom. The minimum atomic E-state index is -4.29. The number of hydrogen-bond acceptors (Lipinski definition) is 10. The number of carbonyl (C=O) groups excluding carboxylic acids is 1. The predicted molar refractivity (Wildman–Crippen MR) is 129 cm³/mol. The first-order valence-electron chi connectivity index (χ1n) is 11.5. The van der Waals surface area contributed by atoms with Crippen molar-refractivity contribution < 1.29 is 42.1 Å². The molecule has 1 aromatic heterocycles. The number of nitrogens with one attached hydrogen (secondary N) is 1. The van der Waals surface area contributed by atoms with Crippen LogP contribution in [-0.4, -0.2) is 64.4 Å². The van der Waals surface area contributed by atoms with Gasteiger partial charge in [0.05, 0.1) is 19.8 Å². The molecule has 2 heterocycles. The molecule has 0 radical (unpaired) electrons. The van der Waals surface area contributed by atoms with Gasteiger partial charge in [-0.2, -0.15) is 10.1 Å². The van der Waals surface area contributed by atoms with Crippen LogP contribution in [0, 0.1) is 0 Å². The van der Waals surface area contributed by atoms with Gasteiger partial charge in [0.25, 0.3) is 0 Å². The van der Waals surface area contributed by atoms with Crippen molar-refractivity contribution in [2.24, 2.45) is 0 Å². The number of ether oxygens (including phenoxy) is 3. The van der Waals surface area contributed by atoms with Crippen LogP contribution in [0.15, 0.2) is 47.4 Å². The summed E-state index contributed by atoms with van der Waals surface area (Å²) in [6.07, 6.45) is -3.89. The highest BCUT2D eigenvalue weighted by molar-refractivity contribution is 7.52. The molecule has 1 aromatic carbocycles. The van der Waals surface area contributed by atoms with Crippen LogP contribution in [0.3, 0.4) is 0 Å². The molecule has 6 atom stereocenters. The molecule has 0 spiro atoms. The van der Waals surface area contributed by atoms with Crippen molar-refractivity contribution in [1.82, 2.24) is 14.6 Å². The summed E-state index contributed by atoms with van der Waals surface area (Å²) >= 11 is 0. The lowest BCUT2D eigenvalue weighted by Gasteiger charge is -2.25. The maximum Gasteiger partial charge on any atom is 0.459 e. The van der Waals surface area contributed by atoms with Gasteiger partial charge in [-0.15, -0.1) is 0 Å². The molecule has 37 heavy (non-hydrogen) atoms. The topological polar surface area (TPSA) is 147 Å². The average molecular weight is 543 g/mol. The molecule has 2 aromatic rings. The zero-order valence-electron chi connectivity index (χ0n) is 21.1. The molecule has 2 N–H and O–H groups in total. The fraction of sp³-hybridized carbons (Fsp3) is 0.522. The van der Waals surface area contributed by atoms with E-state index in [0.29, 0.717) is 0 Å². The smallest absolute Gasteiger partial charge is 0.459 e. The molecule has 0 unspecified atom stereocenters. The number of para-hydroxylation sites is 1. The van der Waals surface area contributed by atoms with Crippen LogP contribution >= 0.6 is 7.75 Å². The van der Waals surface area contributed by atoms with Gasteiger partial charge in [-0.1, -0.05) is 18.2 Å². The van der Waals surface area contributed by atoms with E-state index in [1.807, 2.05) is 0 Å². The Labute approximate surface area is 213 Å². The van der Waals surface area contributed by atoms with E-state index in [1.54, 1.807) is 32.0 Å². The molecule has 3 rings (SSSR count). The van der Waals surface area contributed by atoms with Crippen molar-refractivity contribution in [2.45, 2.75) is 63.9 Å². The molecule has 0 aliphatic carbocycles. The minimum absolute atomic E-state index is 0.0235. The summed E-state index contributed by atoms with van der Waals surface area (Å²) < 4.78 is 56.7. The summed E-state index contributed by atoms with van der Waals surface area (Å²) in [5, 5.41) is 13.1. The third-order valence-corrected chi connectivity index (χ3v) is 7.06. The van der Waals surface area contributed by atoms with Crippen LogP contribution in [0.5, 0.6) is 11.6 Å². The summed E-state index contributed by atoms with van der Waals surface area (Å²) in [6, 6.07) is 8.27. The van der Waals surface area contributed by atoms with E-state index in [-0.39, 0.29) is 11.6 Å². The summed E-state index contributed by atoms with van der Waals surface area (Å²) in [7, 11) is -2.97. The van der Waals surface area contributed by atoms with Gasteiger partial charge < -0.3 is 23.8 Å². The van der Waals surface area contributed by atoms with Crippen molar-refractivity contribution in [3.63, 3.8) is 0 Å². The molecule has 0 bridgehead atoms. The molecule has 1 saturated heterocycles. The second-order valence-electron chi connectivity index (χ2n) is 8.82. The summed E-state index contributed by atoms with van der Waals surface area (Å²) in [5.74, 6) is -0.509. The quantitative estimate of drug-likeness (QED) is 0.318. The van der Waals surface area contributed by atoms with E-state index in [9.17, 15) is 19.3 Å². The summed E-state index contributed by atoms with van der Waals surface area (Å²) in [6.45, 7) is 5.18. The molecule has 1 aliphatic rings. The Bertz CT molecular complexity index is 1180. The number of halogens is 1. The number of aromatic nitrogens is 2. The molecular formula is C23H31FN3O9P. The molecular weight excluding hydrogens is 512 g/mol. The molecule has 1 aliphatic heterocycles. The second kappa shape index (κ2) is 11.7. The Morgan fingerprint density at radius 3 is 2.57 bits per heavy atom. The first-order chi connectivity index (χ1) is 17.4. The Balaban J connectivity index is 1.79. The van der Waals surface area contributed by atoms with Gasteiger partial charge in [-0.3, -0.25) is 13.9 Å². The predicted octanol–water partition coefficient (Wildman–Crippen LogP) is 2.37. The van der Waals surface area contributed by atoms with E-state index in [0.717, 1.165) is 11.5 Å². The standard InChI is InChI=1S/C23H31FN3O9P/c1-14(2)34-20(29)15(3)26-37(31,36-16-9-7-6-8-10-16)33-13-17-19(28)23(4,24)21(35-17)27-12-11-18(32-5)25-22(27)30/h6-12,14-15,17,19,21,28H,13H2,1-5H3,(H,26,31)/t15-,17+,19+,21+,23+,37-/m0/s1. The molecule has 0 amide bonds. The molecule has 14 heteroatoms. The third kappa shape index (κ3) is 6.93. The lowest BCUT2D eigenvalue weighted by atomic mass is 9.98. The highest BCUT2D eigenvalue weighted by atomic mass is 31.2. The zero-order chi connectivity index (χ0) is 27.4. The number of esters is 1. The fourth-order valence-electron chi connectivity index (χ4n) is 3.55. The molecule has 12 nitrogen and oxygen atoms in total. The monoisotopic (exact) mass is 543 g/mol. The highest BCUT2D eigenvalue weighted by Gasteiger charge is 2.56. The average Bonchev–Trinajstić information content (AvgIpc) is 3.06. The lowest BCUT2D eigenvalue weighted by molar-refractivity contribution is -0.149.